The summed E-state index contributed by atoms with van der Waals surface area (Å²) in [4.78, 5) is 25.9. The fourth-order valence-corrected chi connectivity index (χ4v) is 3.09. The van der Waals surface area contributed by atoms with Crippen LogP contribution in [0.25, 0.3) is 0 Å². The zero-order chi connectivity index (χ0) is 16.4. The van der Waals surface area contributed by atoms with Crippen LogP contribution in [-0.2, 0) is 4.74 Å². The second-order valence-corrected chi connectivity index (χ2v) is 6.40. The first kappa shape index (κ1) is 13.6. The van der Waals surface area contributed by atoms with E-state index in [9.17, 15) is 9.59 Å². The predicted octanol–water partition coefficient (Wildman–Crippen LogP) is 3.16. The maximum Gasteiger partial charge on any atom is 0.414 e. The van der Waals surface area contributed by atoms with Crippen LogP contribution in [0.3, 0.4) is 0 Å². The Balaban J connectivity index is 1.57. The Labute approximate surface area is 137 Å². The molecule has 114 valence electrons. The van der Waals surface area contributed by atoms with E-state index in [0.717, 1.165) is 0 Å². The third-order valence-corrected chi connectivity index (χ3v) is 4.40. The first-order chi connectivity index (χ1) is 11.0. The molecule has 0 spiro atoms. The highest BCUT2D eigenvalue weighted by Gasteiger charge is 2.32. The lowest BCUT2D eigenvalue weighted by molar-refractivity contribution is 0.0920. The minimum atomic E-state index is -0.457. The van der Waals surface area contributed by atoms with Crippen molar-refractivity contribution >= 4 is 40.6 Å². The molecule has 0 saturated carbocycles. The molecule has 1 saturated heterocycles. The molecule has 2 aromatic rings. The number of amides is 2. The zero-order valence-corrected chi connectivity index (χ0v) is 13.0. The number of halogens is 1. The van der Waals surface area contributed by atoms with Gasteiger partial charge in [-0.2, -0.15) is 0 Å². The number of nitrogens with one attached hydrogen (secondary N) is 1. The molecule has 2 amide bonds. The Bertz CT molecular complexity index is 735. The molecule has 22 heavy (non-hydrogen) atoms. The number of nitrogens with zero attached hydrogens (tertiary/aromatic N) is 1. The van der Waals surface area contributed by atoms with Gasteiger partial charge in [0, 0.05) is 5.69 Å². The van der Waals surface area contributed by atoms with Gasteiger partial charge >= 0.3 is 6.09 Å². The van der Waals surface area contributed by atoms with Crippen molar-refractivity contribution in [3.8, 4) is 0 Å². The van der Waals surface area contributed by atoms with Gasteiger partial charge in [0.2, 0.25) is 0 Å². The van der Waals surface area contributed by atoms with E-state index in [0.29, 0.717) is 27.5 Å². The maximum absolute atomic E-state index is 12.0. The summed E-state index contributed by atoms with van der Waals surface area (Å²) in [6.07, 6.45) is -0.876. The van der Waals surface area contributed by atoms with Gasteiger partial charge in [-0.1, -0.05) is 29.8 Å². The molecular weight excluding hydrogens is 324 g/mol. The van der Waals surface area contributed by atoms with Crippen LogP contribution in [0.2, 0.25) is 4.34 Å². The lowest BCUT2D eigenvalue weighted by Crippen LogP contribution is -2.34. The van der Waals surface area contributed by atoms with Gasteiger partial charge in [-0.05, 0) is 24.3 Å². The molecule has 1 aromatic heterocycles. The quantitative estimate of drug-likeness (QED) is 0.931. The number of cyclic esters (lactones) is 1. The molecule has 0 radical (unpaired) electrons. The largest absolute Gasteiger partial charge is 0.442 e. The molecule has 0 unspecified atom stereocenters. The van der Waals surface area contributed by atoms with E-state index in [2.05, 4.69) is 5.32 Å². The summed E-state index contributed by atoms with van der Waals surface area (Å²) in [6.45, 7) is 0.578. The number of para-hydroxylation sites is 1. The Morgan fingerprint density at radius 3 is 2.91 bits per heavy atom. The van der Waals surface area contributed by atoms with Gasteiger partial charge in [-0.3, -0.25) is 9.69 Å². The molecule has 7 heteroatoms. The second kappa shape index (κ2) is 6.37. The molecule has 1 fully saturated rings. The summed E-state index contributed by atoms with van der Waals surface area (Å²) >= 11 is 6.99. The van der Waals surface area contributed by atoms with Crippen LogP contribution in [-0.4, -0.2) is 31.2 Å². The topological polar surface area (TPSA) is 58.6 Å². The average Bonchev–Trinajstić information content (AvgIpc) is 3.12. The van der Waals surface area contributed by atoms with Gasteiger partial charge in [0.15, 0.2) is 0 Å². The van der Waals surface area contributed by atoms with Gasteiger partial charge < -0.3 is 10.1 Å². The number of benzene rings is 1. The summed E-state index contributed by atoms with van der Waals surface area (Å²) in [5.74, 6) is -0.241. The molecule has 1 atom stereocenters. The van der Waals surface area contributed by atoms with Gasteiger partial charge in [0.1, 0.15) is 6.10 Å². The normalized spacial score (nSPS) is 18.0. The van der Waals surface area contributed by atoms with E-state index in [-0.39, 0.29) is 12.5 Å². The fourth-order valence-electron chi connectivity index (χ4n) is 2.13. The van der Waals surface area contributed by atoms with Crippen LogP contribution >= 0.6 is 22.9 Å². The van der Waals surface area contributed by atoms with Crippen molar-refractivity contribution in [2.24, 2.45) is 0 Å². The van der Waals surface area contributed by atoms with Crippen molar-refractivity contribution in [1.29, 1.82) is 0 Å². The van der Waals surface area contributed by atoms with E-state index in [1.165, 1.54) is 16.2 Å². The smallest absolute Gasteiger partial charge is 0.414 e. The van der Waals surface area contributed by atoms with Crippen molar-refractivity contribution < 1.29 is 15.7 Å². The van der Waals surface area contributed by atoms with Crippen molar-refractivity contribution in [3.05, 3.63) is 51.7 Å². The lowest BCUT2D eigenvalue weighted by atomic mass is 10.2. The van der Waals surface area contributed by atoms with E-state index in [1.54, 1.807) is 36.4 Å². The van der Waals surface area contributed by atoms with Crippen molar-refractivity contribution in [2.75, 3.05) is 18.0 Å². The molecule has 1 aliphatic heterocycles. The first-order valence-corrected chi connectivity index (χ1v) is 7.81. The van der Waals surface area contributed by atoms with E-state index < -0.39 is 12.2 Å². The summed E-state index contributed by atoms with van der Waals surface area (Å²) in [5, 5.41) is 2.73. The number of hydrogen-bond acceptors (Lipinski definition) is 4. The highest BCUT2D eigenvalue weighted by Crippen LogP contribution is 2.22. The summed E-state index contributed by atoms with van der Waals surface area (Å²) in [7, 11) is 0. The summed E-state index contributed by atoms with van der Waals surface area (Å²) in [6, 6.07) is 10.3. The number of carbonyl (C=O) groups excluding carboxylic acids is 2. The number of carbonyl (C=O) groups is 2. The minimum Gasteiger partial charge on any atom is -0.442 e. The first-order valence-electron chi connectivity index (χ1n) is 7.11. The third-order valence-electron chi connectivity index (χ3n) is 3.17. The minimum absolute atomic E-state index is 0.229. The lowest BCUT2D eigenvalue weighted by Gasteiger charge is -2.12. The SMILES string of the molecule is [3H]c1ccc(N2C[C@H](CNC(=O)c3ccc(Cl)s3)OC2=O)cc1. The number of thiophene rings is 1. The van der Waals surface area contributed by atoms with Crippen LogP contribution in [0.4, 0.5) is 10.5 Å². The molecule has 3 rings (SSSR count). The zero-order valence-electron chi connectivity index (χ0n) is 12.4. The number of ether oxygens (including phenoxy) is 1. The molecule has 1 aliphatic rings. The monoisotopic (exact) mass is 338 g/mol. The molecule has 1 N–H and O–H groups in total. The Hall–Kier alpha value is -2.05. The molecule has 1 aromatic carbocycles. The van der Waals surface area contributed by atoms with Crippen LogP contribution < -0.4 is 10.2 Å². The molecular formula is C15H13ClN2O3S. The summed E-state index contributed by atoms with van der Waals surface area (Å²) < 4.78 is 13.3. The fraction of sp³-hybridized carbons (Fsp3) is 0.200. The van der Waals surface area contributed by atoms with Crippen LogP contribution in [0.15, 0.2) is 42.4 Å². The van der Waals surface area contributed by atoms with Gasteiger partial charge in [-0.15, -0.1) is 11.3 Å². The number of hydrogen-bond donors (Lipinski definition) is 1. The maximum atomic E-state index is 12.0. The molecule has 0 bridgehead atoms. The van der Waals surface area contributed by atoms with Crippen LogP contribution in [0.5, 0.6) is 0 Å². The molecule has 0 aliphatic carbocycles. The Morgan fingerprint density at radius 2 is 2.23 bits per heavy atom. The van der Waals surface area contributed by atoms with Gasteiger partial charge in [0.25, 0.3) is 5.91 Å². The van der Waals surface area contributed by atoms with Gasteiger partial charge in [-0.25, -0.2) is 4.79 Å². The van der Waals surface area contributed by atoms with Crippen LogP contribution in [0.1, 0.15) is 11.0 Å². The summed E-state index contributed by atoms with van der Waals surface area (Å²) in [5.41, 5.74) is 0.671. The third kappa shape index (κ3) is 3.23. The average molecular weight is 339 g/mol. The van der Waals surface area contributed by atoms with Crippen molar-refractivity contribution in [2.45, 2.75) is 6.10 Å². The Kier molecular flexibility index (Phi) is 3.94. The van der Waals surface area contributed by atoms with E-state index >= 15 is 0 Å². The van der Waals surface area contributed by atoms with E-state index in [4.69, 9.17) is 17.7 Å². The molecule has 2 heterocycles. The van der Waals surface area contributed by atoms with Crippen molar-refractivity contribution in [3.63, 3.8) is 0 Å². The second-order valence-electron chi connectivity index (χ2n) is 4.69. The standard InChI is InChI=1S/C15H13ClN2O3S/c16-13-7-6-12(22-13)14(19)17-8-11-9-18(15(20)21-11)10-4-2-1-3-5-10/h1-7,11H,8-9H2,(H,17,19)/t11-/m0/s1/i1T. The predicted molar refractivity (Wildman–Crippen MR) is 85.7 cm³/mol. The number of anilines is 1. The molecule has 5 nitrogen and oxygen atoms in total. The highest BCUT2D eigenvalue weighted by atomic mass is 35.5. The van der Waals surface area contributed by atoms with Crippen molar-refractivity contribution in [1.82, 2.24) is 5.32 Å². The van der Waals surface area contributed by atoms with E-state index in [1.807, 2.05) is 0 Å². The Morgan fingerprint density at radius 1 is 1.45 bits per heavy atom. The number of rotatable bonds is 4. The van der Waals surface area contributed by atoms with Crippen LogP contribution in [0, 0.1) is 0 Å². The van der Waals surface area contributed by atoms with Gasteiger partial charge in [0.05, 0.1) is 23.7 Å². The highest BCUT2D eigenvalue weighted by molar-refractivity contribution is 7.17.